The first-order valence-electron chi connectivity index (χ1n) is 8.83. The van der Waals surface area contributed by atoms with Crippen molar-refractivity contribution < 1.29 is 23.8 Å². The number of amidine groups is 1. The van der Waals surface area contributed by atoms with Gasteiger partial charge in [-0.3, -0.25) is 5.73 Å². The lowest BCUT2D eigenvalue weighted by Crippen LogP contribution is -2.27. The molecule has 0 saturated heterocycles. The van der Waals surface area contributed by atoms with Gasteiger partial charge < -0.3 is 30.5 Å². The second-order valence-corrected chi connectivity index (χ2v) is 5.76. The Labute approximate surface area is 172 Å². The molecule has 0 amide bonds. The fourth-order valence-corrected chi connectivity index (χ4v) is 2.49. The molecule has 0 radical (unpaired) electrons. The molecule has 158 valence electrons. The minimum atomic E-state index is 0.297. The third-order valence-electron chi connectivity index (χ3n) is 4.15. The van der Waals surface area contributed by atoms with E-state index in [9.17, 15) is 0 Å². The molecule has 0 spiro atoms. The summed E-state index contributed by atoms with van der Waals surface area (Å²) in [5.41, 5.74) is 20.8. The van der Waals surface area contributed by atoms with Crippen LogP contribution in [-0.4, -0.2) is 45.6 Å². The second-order valence-electron chi connectivity index (χ2n) is 5.76. The van der Waals surface area contributed by atoms with Gasteiger partial charge in [-0.15, -0.1) is 0 Å². The van der Waals surface area contributed by atoms with E-state index in [1.807, 2.05) is 19.1 Å². The van der Waals surface area contributed by atoms with Crippen molar-refractivity contribution in [3.05, 3.63) is 59.8 Å². The Balaban J connectivity index is 3.52. The predicted molar refractivity (Wildman–Crippen MR) is 116 cm³/mol. The Morgan fingerprint density at radius 1 is 1.07 bits per heavy atom. The Morgan fingerprint density at radius 3 is 2.03 bits per heavy atom. The summed E-state index contributed by atoms with van der Waals surface area (Å²) in [5.74, 6) is 1.72. The van der Waals surface area contributed by atoms with Gasteiger partial charge in [0.15, 0.2) is 17.7 Å². The summed E-state index contributed by atoms with van der Waals surface area (Å²) in [6.07, 6.45) is 6.89. The SMILES string of the molecule is C=CC(=C\C(=C/C)CN)/C(N)=[N+](/C=C(\N)c1cc(OC)c(OC)c(OC)c1)OC. The van der Waals surface area contributed by atoms with E-state index < -0.39 is 0 Å². The van der Waals surface area contributed by atoms with Crippen LogP contribution in [0.15, 0.2) is 54.3 Å². The fourth-order valence-electron chi connectivity index (χ4n) is 2.49. The van der Waals surface area contributed by atoms with Gasteiger partial charge in [-0.2, -0.15) is 0 Å². The van der Waals surface area contributed by atoms with Crippen molar-refractivity contribution in [1.82, 2.24) is 0 Å². The van der Waals surface area contributed by atoms with E-state index in [4.69, 9.17) is 36.2 Å². The van der Waals surface area contributed by atoms with Crippen LogP contribution in [-0.2, 0) is 4.84 Å². The molecular weight excluding hydrogens is 372 g/mol. The van der Waals surface area contributed by atoms with Gasteiger partial charge in [-0.1, -0.05) is 18.7 Å². The number of benzene rings is 1. The lowest BCUT2D eigenvalue weighted by Gasteiger charge is -2.14. The predicted octanol–water partition coefficient (Wildman–Crippen LogP) is 1.92. The Bertz CT molecular complexity index is 829. The van der Waals surface area contributed by atoms with E-state index in [0.29, 0.717) is 46.5 Å². The molecule has 0 atom stereocenters. The Kier molecular flexibility index (Phi) is 9.34. The first-order chi connectivity index (χ1) is 13.9. The molecule has 29 heavy (non-hydrogen) atoms. The van der Waals surface area contributed by atoms with Gasteiger partial charge in [0.1, 0.15) is 7.11 Å². The summed E-state index contributed by atoms with van der Waals surface area (Å²) in [7, 11) is 6.08. The van der Waals surface area contributed by atoms with Crippen LogP contribution < -0.4 is 31.4 Å². The minimum Gasteiger partial charge on any atom is -0.493 e. The minimum absolute atomic E-state index is 0.297. The zero-order valence-corrected chi connectivity index (χ0v) is 17.7. The van der Waals surface area contributed by atoms with Crippen molar-refractivity contribution in [2.24, 2.45) is 17.2 Å². The van der Waals surface area contributed by atoms with Gasteiger partial charge in [0.25, 0.3) is 0 Å². The number of allylic oxidation sites excluding steroid dienone is 1. The molecule has 8 heteroatoms. The number of hydroxylamine groups is 1. The van der Waals surface area contributed by atoms with E-state index in [0.717, 1.165) is 5.57 Å². The summed E-state index contributed by atoms with van der Waals surface area (Å²) in [5, 5.41) is 0. The fraction of sp³-hybridized carbons (Fsp3) is 0.286. The van der Waals surface area contributed by atoms with Crippen molar-refractivity contribution in [1.29, 1.82) is 0 Å². The van der Waals surface area contributed by atoms with Crippen LogP contribution in [0.3, 0.4) is 0 Å². The van der Waals surface area contributed by atoms with Crippen LogP contribution in [0.25, 0.3) is 5.70 Å². The highest BCUT2D eigenvalue weighted by atomic mass is 16.7. The van der Waals surface area contributed by atoms with Gasteiger partial charge in [0, 0.05) is 12.1 Å². The van der Waals surface area contributed by atoms with Crippen molar-refractivity contribution in [3.63, 3.8) is 0 Å². The maximum atomic E-state index is 6.29. The first-order valence-corrected chi connectivity index (χ1v) is 8.83. The molecule has 1 rings (SSSR count). The lowest BCUT2D eigenvalue weighted by atomic mass is 10.1. The Hall–Kier alpha value is -3.39. The van der Waals surface area contributed by atoms with E-state index in [-0.39, 0.29) is 0 Å². The average Bonchev–Trinajstić information content (AvgIpc) is 2.76. The molecular formula is C21H31N4O4+. The van der Waals surface area contributed by atoms with Crippen molar-refractivity contribution in [2.45, 2.75) is 6.92 Å². The molecule has 8 nitrogen and oxygen atoms in total. The van der Waals surface area contributed by atoms with E-state index >= 15 is 0 Å². The number of hydrogen-bond acceptors (Lipinski definition) is 6. The number of nitrogens with two attached hydrogens (primary N) is 3. The standard InChI is InChI=1S/C21H30N4O4/c1-7-14(12-22)9-15(8-2)21(24)25(29-6)13-17(23)16-10-18(26-3)20(28-5)19(11-16)27-4/h7-11,13,24H,2,12,22-23H2,1,3-6H3/p+1/b14-7+,15-9+,17-13-. The zero-order chi connectivity index (χ0) is 22.0. The number of rotatable bonds is 10. The molecule has 1 aromatic rings. The second kappa shape index (κ2) is 11.5. The molecule has 0 saturated carbocycles. The monoisotopic (exact) mass is 403 g/mol. The highest BCUT2D eigenvalue weighted by Crippen LogP contribution is 2.39. The summed E-state index contributed by atoms with van der Waals surface area (Å²) in [6, 6.07) is 3.46. The maximum absolute atomic E-state index is 6.29. The third-order valence-corrected chi connectivity index (χ3v) is 4.15. The van der Waals surface area contributed by atoms with Gasteiger partial charge >= 0.3 is 5.84 Å². The Morgan fingerprint density at radius 2 is 1.66 bits per heavy atom. The van der Waals surface area contributed by atoms with E-state index in [2.05, 4.69) is 6.58 Å². The topological polar surface area (TPSA) is 118 Å². The van der Waals surface area contributed by atoms with Crippen molar-refractivity contribution in [2.75, 3.05) is 35.0 Å². The largest absolute Gasteiger partial charge is 0.493 e. The van der Waals surface area contributed by atoms with Gasteiger partial charge in [-0.25, -0.2) is 0 Å². The molecule has 0 aliphatic carbocycles. The average molecular weight is 404 g/mol. The van der Waals surface area contributed by atoms with Crippen molar-refractivity contribution in [3.8, 4) is 17.2 Å². The molecule has 0 aliphatic rings. The normalized spacial score (nSPS) is 13.5. The highest BCUT2D eigenvalue weighted by Gasteiger charge is 2.17. The molecule has 6 N–H and O–H groups in total. The summed E-state index contributed by atoms with van der Waals surface area (Å²) in [6.45, 7) is 6.07. The molecule has 0 fully saturated rings. The smallest absolute Gasteiger partial charge is 0.319 e. The van der Waals surface area contributed by atoms with Gasteiger partial charge in [0.05, 0.1) is 32.6 Å². The van der Waals surface area contributed by atoms with Crippen LogP contribution in [0.5, 0.6) is 17.2 Å². The third kappa shape index (κ3) is 5.79. The lowest BCUT2D eigenvalue weighted by molar-refractivity contribution is -0.732. The summed E-state index contributed by atoms with van der Waals surface area (Å²) >= 11 is 0. The van der Waals surface area contributed by atoms with Gasteiger partial charge in [0.2, 0.25) is 5.75 Å². The van der Waals surface area contributed by atoms with Crippen LogP contribution in [0, 0.1) is 0 Å². The van der Waals surface area contributed by atoms with Crippen LogP contribution in [0.4, 0.5) is 0 Å². The van der Waals surface area contributed by atoms with Crippen LogP contribution in [0.2, 0.25) is 0 Å². The highest BCUT2D eigenvalue weighted by molar-refractivity contribution is 5.96. The number of nitrogens with zero attached hydrogens (tertiary/aromatic N) is 1. The molecule has 0 aliphatic heterocycles. The first kappa shape index (κ1) is 23.6. The van der Waals surface area contributed by atoms with E-state index in [1.165, 1.54) is 33.2 Å². The molecule has 1 aromatic carbocycles. The number of hydrogen-bond donors (Lipinski definition) is 3. The van der Waals surface area contributed by atoms with Crippen LogP contribution >= 0.6 is 0 Å². The summed E-state index contributed by atoms with van der Waals surface area (Å²) < 4.78 is 17.4. The van der Waals surface area contributed by atoms with Gasteiger partial charge in [-0.05, 0) is 35.4 Å². The quantitative estimate of drug-likeness (QED) is 0.180. The maximum Gasteiger partial charge on any atom is 0.319 e. The molecule has 0 heterocycles. The zero-order valence-electron chi connectivity index (χ0n) is 17.7. The van der Waals surface area contributed by atoms with Crippen molar-refractivity contribution >= 4 is 11.5 Å². The number of ether oxygens (including phenoxy) is 3. The molecule has 0 unspecified atom stereocenters. The van der Waals surface area contributed by atoms with Crippen LogP contribution in [0.1, 0.15) is 12.5 Å². The van der Waals surface area contributed by atoms with E-state index in [1.54, 1.807) is 24.4 Å². The number of methoxy groups -OCH3 is 3. The summed E-state index contributed by atoms with van der Waals surface area (Å²) in [4.78, 5) is 5.38. The molecule has 0 aromatic heterocycles. The molecule has 0 bridgehead atoms.